The van der Waals surface area contributed by atoms with E-state index in [-0.39, 0.29) is 0 Å². The van der Waals surface area contributed by atoms with Gasteiger partial charge in [0.2, 0.25) is 0 Å². The van der Waals surface area contributed by atoms with Gasteiger partial charge in [-0.25, -0.2) is 15.0 Å². The van der Waals surface area contributed by atoms with E-state index in [1.165, 1.54) is 11.1 Å². The Hall–Kier alpha value is -8.41. The van der Waals surface area contributed by atoms with E-state index < -0.39 is 0 Å². The van der Waals surface area contributed by atoms with Crippen molar-refractivity contribution in [1.29, 1.82) is 0 Å². The molecule has 3 aromatic heterocycles. The van der Waals surface area contributed by atoms with Gasteiger partial charge >= 0.3 is 0 Å². The molecule has 0 saturated carbocycles. The van der Waals surface area contributed by atoms with Crippen LogP contribution in [0.5, 0.6) is 0 Å². The lowest BCUT2D eigenvalue weighted by atomic mass is 10.0. The van der Waals surface area contributed by atoms with Gasteiger partial charge < -0.3 is 8.98 Å². The summed E-state index contributed by atoms with van der Waals surface area (Å²) in [4.78, 5) is 15.4. The Kier molecular flexibility index (Phi) is 8.42. The van der Waals surface area contributed by atoms with Gasteiger partial charge in [-0.05, 0) is 81.9 Å². The average molecular weight is 793 g/mol. The van der Waals surface area contributed by atoms with Gasteiger partial charge in [-0.3, -0.25) is 0 Å². The molecule has 0 fully saturated rings. The predicted octanol–water partition coefficient (Wildman–Crippen LogP) is 14.9. The van der Waals surface area contributed by atoms with Crippen molar-refractivity contribution in [2.75, 3.05) is 0 Å². The van der Waals surface area contributed by atoms with Crippen LogP contribution in [-0.4, -0.2) is 19.5 Å². The second-order valence-corrected chi connectivity index (χ2v) is 15.6. The zero-order valence-electron chi connectivity index (χ0n) is 33.5. The summed E-state index contributed by atoms with van der Waals surface area (Å²) in [6.07, 6.45) is 0. The number of hydrogen-bond donors (Lipinski definition) is 0. The summed E-state index contributed by atoms with van der Waals surface area (Å²) in [5, 5.41) is 4.33. The second kappa shape index (κ2) is 14.7. The summed E-state index contributed by atoms with van der Waals surface area (Å²) < 4.78 is 9.29. The summed E-state index contributed by atoms with van der Waals surface area (Å²) in [5.74, 6) is 1.78. The third kappa shape index (κ3) is 6.14. The summed E-state index contributed by atoms with van der Waals surface area (Å²) in [6.45, 7) is 0. The van der Waals surface area contributed by atoms with Crippen LogP contribution in [0.4, 0.5) is 0 Å². The third-order valence-electron chi connectivity index (χ3n) is 11.9. The summed E-state index contributed by atoms with van der Waals surface area (Å²) in [5.41, 5.74) is 14.5. The second-order valence-electron chi connectivity index (χ2n) is 15.6. The van der Waals surface area contributed by atoms with Crippen LogP contribution in [0.25, 0.3) is 117 Å². The number of para-hydroxylation sites is 1. The molecule has 0 saturated heterocycles. The van der Waals surface area contributed by atoms with Gasteiger partial charge in [-0.1, -0.05) is 170 Å². The topological polar surface area (TPSA) is 56.7 Å². The maximum Gasteiger partial charge on any atom is 0.164 e. The molecule has 0 aliphatic heterocycles. The largest absolute Gasteiger partial charge is 0.455 e. The molecule has 9 aromatic carbocycles. The Balaban J connectivity index is 1.01. The minimum atomic E-state index is 0.574. The Morgan fingerprint density at radius 3 is 1.48 bits per heavy atom. The molecule has 12 rings (SSSR count). The van der Waals surface area contributed by atoms with Crippen molar-refractivity contribution in [2.45, 2.75) is 0 Å². The van der Waals surface area contributed by atoms with E-state index in [0.29, 0.717) is 17.5 Å². The van der Waals surface area contributed by atoms with Crippen LogP contribution in [0.1, 0.15) is 0 Å². The van der Waals surface area contributed by atoms with Crippen LogP contribution in [0.2, 0.25) is 0 Å². The van der Waals surface area contributed by atoms with Crippen LogP contribution in [0, 0.1) is 0 Å². The number of nitrogens with zero attached hydrogens (tertiary/aromatic N) is 4. The highest BCUT2D eigenvalue weighted by Crippen LogP contribution is 2.42. The standard InChI is InChI=1S/C57H36N4O/c1-4-14-37(15-5-1)40-26-28-41(29-27-40)55-58-56(44-22-12-20-42(34-44)38-16-6-2-7-17-38)60-57(59-55)45-30-31-47-48-32-33-51-53(54(48)62-52(47)36-45)49-24-10-11-25-50(49)61(51)46-23-13-21-43(35-46)39-18-8-3-9-19-39/h1-36H. The SMILES string of the molecule is c1ccc(-c2ccc(-c3nc(-c4cccc(-c5ccccc5)c4)nc(-c4ccc5c(c4)oc4c5ccc5c4c4ccccc4n5-c4cccc(-c5ccccc5)c4)n3)cc2)cc1. The van der Waals surface area contributed by atoms with Crippen molar-refractivity contribution in [2.24, 2.45) is 0 Å². The number of hydrogen-bond acceptors (Lipinski definition) is 4. The van der Waals surface area contributed by atoms with Crippen LogP contribution in [0.3, 0.4) is 0 Å². The quantitative estimate of drug-likeness (QED) is 0.161. The van der Waals surface area contributed by atoms with E-state index in [1.807, 2.05) is 12.1 Å². The van der Waals surface area contributed by atoms with E-state index in [0.717, 1.165) is 88.4 Å². The van der Waals surface area contributed by atoms with Crippen molar-refractivity contribution >= 4 is 43.7 Å². The van der Waals surface area contributed by atoms with E-state index in [2.05, 4.69) is 211 Å². The fraction of sp³-hybridized carbons (Fsp3) is 0. The molecule has 0 aliphatic rings. The van der Waals surface area contributed by atoms with Crippen LogP contribution in [0.15, 0.2) is 223 Å². The normalized spacial score (nSPS) is 11.5. The number of benzene rings is 9. The zero-order chi connectivity index (χ0) is 41.0. The van der Waals surface area contributed by atoms with Crippen LogP contribution in [-0.2, 0) is 0 Å². The molecule has 0 bridgehead atoms. The van der Waals surface area contributed by atoms with Gasteiger partial charge in [0, 0.05) is 38.5 Å². The first-order valence-corrected chi connectivity index (χ1v) is 20.8. The molecule has 0 unspecified atom stereocenters. The minimum absolute atomic E-state index is 0.574. The molecule has 0 radical (unpaired) electrons. The smallest absolute Gasteiger partial charge is 0.164 e. The Morgan fingerprint density at radius 2 is 0.790 bits per heavy atom. The lowest BCUT2D eigenvalue weighted by molar-refractivity contribution is 0.673. The zero-order valence-corrected chi connectivity index (χ0v) is 33.5. The molecule has 0 aliphatic carbocycles. The van der Waals surface area contributed by atoms with Crippen molar-refractivity contribution < 1.29 is 4.42 Å². The monoisotopic (exact) mass is 792 g/mol. The first kappa shape index (κ1) is 35.5. The minimum Gasteiger partial charge on any atom is -0.455 e. The highest BCUT2D eigenvalue weighted by Gasteiger charge is 2.20. The summed E-state index contributed by atoms with van der Waals surface area (Å²) in [7, 11) is 0. The van der Waals surface area contributed by atoms with Gasteiger partial charge in [0.25, 0.3) is 0 Å². The maximum absolute atomic E-state index is 6.94. The molecule has 0 N–H and O–H groups in total. The van der Waals surface area contributed by atoms with Crippen LogP contribution < -0.4 is 0 Å². The fourth-order valence-electron chi connectivity index (χ4n) is 8.83. The van der Waals surface area contributed by atoms with Crippen molar-refractivity contribution in [3.8, 4) is 73.2 Å². The first-order valence-electron chi connectivity index (χ1n) is 20.8. The van der Waals surface area contributed by atoms with Gasteiger partial charge in [0.15, 0.2) is 17.5 Å². The molecular weight excluding hydrogens is 757 g/mol. The summed E-state index contributed by atoms with van der Waals surface area (Å²) in [6, 6.07) is 76.2. The molecule has 0 spiro atoms. The molecule has 290 valence electrons. The Morgan fingerprint density at radius 1 is 0.306 bits per heavy atom. The van der Waals surface area contributed by atoms with Crippen molar-refractivity contribution in [3.05, 3.63) is 218 Å². The van der Waals surface area contributed by atoms with Gasteiger partial charge in [-0.2, -0.15) is 0 Å². The van der Waals surface area contributed by atoms with Gasteiger partial charge in [0.05, 0.1) is 16.4 Å². The first-order chi connectivity index (χ1) is 30.7. The van der Waals surface area contributed by atoms with Gasteiger partial charge in [-0.15, -0.1) is 0 Å². The molecule has 0 amide bonds. The van der Waals surface area contributed by atoms with E-state index in [1.54, 1.807) is 0 Å². The Labute approximate surface area is 357 Å². The molecule has 3 heterocycles. The number of aromatic nitrogens is 4. The molecule has 12 aromatic rings. The van der Waals surface area contributed by atoms with E-state index in [4.69, 9.17) is 19.4 Å². The highest BCUT2D eigenvalue weighted by atomic mass is 16.3. The lowest BCUT2D eigenvalue weighted by Gasteiger charge is -2.10. The van der Waals surface area contributed by atoms with Gasteiger partial charge in [0.1, 0.15) is 11.2 Å². The van der Waals surface area contributed by atoms with Crippen LogP contribution >= 0.6 is 0 Å². The third-order valence-corrected chi connectivity index (χ3v) is 11.9. The molecule has 5 nitrogen and oxygen atoms in total. The molecular formula is C57H36N4O. The number of rotatable bonds is 7. The number of fused-ring (bicyclic) bond motifs is 7. The average Bonchev–Trinajstić information content (AvgIpc) is 3.90. The van der Waals surface area contributed by atoms with Crippen molar-refractivity contribution in [1.82, 2.24) is 19.5 Å². The maximum atomic E-state index is 6.94. The summed E-state index contributed by atoms with van der Waals surface area (Å²) >= 11 is 0. The predicted molar refractivity (Wildman–Crippen MR) is 254 cm³/mol. The lowest BCUT2D eigenvalue weighted by Crippen LogP contribution is -2.00. The molecule has 5 heteroatoms. The van der Waals surface area contributed by atoms with E-state index in [9.17, 15) is 0 Å². The molecule has 0 atom stereocenters. The Bertz CT molecular complexity index is 3610. The highest BCUT2D eigenvalue weighted by molar-refractivity contribution is 6.24. The molecule has 62 heavy (non-hydrogen) atoms. The fourth-order valence-corrected chi connectivity index (χ4v) is 8.83. The van der Waals surface area contributed by atoms with E-state index >= 15 is 0 Å². The number of furan rings is 1. The van der Waals surface area contributed by atoms with Crippen molar-refractivity contribution in [3.63, 3.8) is 0 Å².